The predicted molar refractivity (Wildman–Crippen MR) is 107 cm³/mol. The van der Waals surface area contributed by atoms with Crippen LogP contribution in [-0.4, -0.2) is 29.2 Å². The summed E-state index contributed by atoms with van der Waals surface area (Å²) in [5.74, 6) is 1.92. The van der Waals surface area contributed by atoms with Crippen LogP contribution in [0.1, 0.15) is 31.0 Å². The van der Waals surface area contributed by atoms with Crippen molar-refractivity contribution in [1.29, 1.82) is 0 Å². The van der Waals surface area contributed by atoms with E-state index in [1.54, 1.807) is 14.2 Å². The van der Waals surface area contributed by atoms with Crippen molar-refractivity contribution in [2.75, 3.05) is 20.0 Å². The molecule has 0 spiro atoms. The second kappa shape index (κ2) is 7.07. The van der Waals surface area contributed by atoms with E-state index in [-0.39, 0.29) is 5.92 Å². The molecule has 0 aliphatic heterocycles. The van der Waals surface area contributed by atoms with Gasteiger partial charge >= 0.3 is 0 Å². The Balaban J connectivity index is 2.48. The SMILES string of the molecule is COc1cc(-c2c(C(C)C)c(C)nc3ncnc(N)c23)cc(Br)c1OC. The third kappa shape index (κ3) is 2.96. The molecule has 0 unspecified atom stereocenters. The normalized spacial score (nSPS) is 11.2. The Hall–Kier alpha value is -2.41. The van der Waals surface area contributed by atoms with Crippen LogP contribution in [0.5, 0.6) is 11.5 Å². The highest BCUT2D eigenvalue weighted by Gasteiger charge is 2.22. The molecule has 0 amide bonds. The summed E-state index contributed by atoms with van der Waals surface area (Å²) in [5, 5.41) is 0.751. The Labute approximate surface area is 160 Å². The number of aryl methyl sites for hydroxylation is 1. The summed E-state index contributed by atoms with van der Waals surface area (Å²) in [6.07, 6.45) is 1.44. The lowest BCUT2D eigenvalue weighted by Gasteiger charge is -2.20. The summed E-state index contributed by atoms with van der Waals surface area (Å²) in [6, 6.07) is 3.93. The van der Waals surface area contributed by atoms with Gasteiger partial charge in [0.25, 0.3) is 0 Å². The molecule has 1 aromatic carbocycles. The van der Waals surface area contributed by atoms with E-state index in [1.807, 2.05) is 19.1 Å². The van der Waals surface area contributed by atoms with Crippen molar-refractivity contribution >= 4 is 32.8 Å². The highest BCUT2D eigenvalue weighted by molar-refractivity contribution is 9.10. The maximum Gasteiger partial charge on any atom is 0.174 e. The van der Waals surface area contributed by atoms with Crippen LogP contribution < -0.4 is 15.2 Å². The van der Waals surface area contributed by atoms with E-state index in [0.29, 0.717) is 23.0 Å². The van der Waals surface area contributed by atoms with E-state index in [0.717, 1.165) is 32.2 Å². The molecular weight excluding hydrogens is 396 g/mol. The second-order valence-electron chi connectivity index (χ2n) is 6.29. The van der Waals surface area contributed by atoms with Crippen molar-refractivity contribution in [2.24, 2.45) is 0 Å². The lowest BCUT2D eigenvalue weighted by molar-refractivity contribution is 0.353. The molecule has 0 saturated carbocycles. The zero-order valence-corrected chi connectivity index (χ0v) is 17.0. The van der Waals surface area contributed by atoms with Crippen LogP contribution in [0.3, 0.4) is 0 Å². The summed E-state index contributed by atoms with van der Waals surface area (Å²) in [4.78, 5) is 13.1. The summed E-state index contributed by atoms with van der Waals surface area (Å²) < 4.78 is 11.7. The molecule has 2 N–H and O–H groups in total. The van der Waals surface area contributed by atoms with Crippen LogP contribution in [0.15, 0.2) is 22.9 Å². The molecule has 0 saturated heterocycles. The minimum absolute atomic E-state index is 0.244. The van der Waals surface area contributed by atoms with Crippen LogP contribution >= 0.6 is 15.9 Å². The van der Waals surface area contributed by atoms with E-state index >= 15 is 0 Å². The zero-order valence-electron chi connectivity index (χ0n) is 15.4. The highest BCUT2D eigenvalue weighted by Crippen LogP contribution is 2.44. The molecule has 6 nitrogen and oxygen atoms in total. The Morgan fingerprint density at radius 3 is 2.46 bits per heavy atom. The number of methoxy groups -OCH3 is 2. The molecule has 26 heavy (non-hydrogen) atoms. The van der Waals surface area contributed by atoms with Gasteiger partial charge in [-0.15, -0.1) is 0 Å². The average molecular weight is 417 g/mol. The number of fused-ring (bicyclic) bond motifs is 1. The second-order valence-corrected chi connectivity index (χ2v) is 7.15. The van der Waals surface area contributed by atoms with E-state index < -0.39 is 0 Å². The van der Waals surface area contributed by atoms with Gasteiger partial charge in [-0.2, -0.15) is 0 Å². The van der Waals surface area contributed by atoms with E-state index in [2.05, 4.69) is 44.7 Å². The van der Waals surface area contributed by atoms with Crippen LogP contribution in [-0.2, 0) is 0 Å². The lowest BCUT2D eigenvalue weighted by Crippen LogP contribution is -2.05. The highest BCUT2D eigenvalue weighted by atomic mass is 79.9. The first-order valence-corrected chi connectivity index (χ1v) is 9.00. The molecular formula is C19H21BrN4O2. The summed E-state index contributed by atoms with van der Waals surface area (Å²) in [5.41, 5.74) is 10.7. The Bertz CT molecular complexity index is 989. The van der Waals surface area contributed by atoms with E-state index in [9.17, 15) is 0 Å². The third-order valence-electron chi connectivity index (χ3n) is 4.34. The number of hydrogen-bond donors (Lipinski definition) is 1. The van der Waals surface area contributed by atoms with E-state index in [4.69, 9.17) is 15.2 Å². The van der Waals surface area contributed by atoms with Crippen molar-refractivity contribution in [3.8, 4) is 22.6 Å². The number of benzene rings is 1. The smallest absolute Gasteiger partial charge is 0.174 e. The first-order valence-electron chi connectivity index (χ1n) is 8.21. The molecule has 3 rings (SSSR count). The van der Waals surface area contributed by atoms with Gasteiger partial charge in [0.2, 0.25) is 0 Å². The van der Waals surface area contributed by atoms with Gasteiger partial charge in [0, 0.05) is 11.3 Å². The molecule has 3 aromatic rings. The van der Waals surface area contributed by atoms with Gasteiger partial charge in [0.15, 0.2) is 17.1 Å². The molecule has 2 aromatic heterocycles. The minimum Gasteiger partial charge on any atom is -0.493 e. The fourth-order valence-corrected chi connectivity index (χ4v) is 3.92. The predicted octanol–water partition coefficient (Wildman–Crippen LogP) is 4.49. The largest absolute Gasteiger partial charge is 0.493 e. The molecule has 0 aliphatic rings. The maximum atomic E-state index is 6.22. The summed E-state index contributed by atoms with van der Waals surface area (Å²) in [7, 11) is 3.23. The number of nitrogen functional groups attached to an aromatic ring is 1. The van der Waals surface area contributed by atoms with Crippen LogP contribution in [0.2, 0.25) is 0 Å². The molecule has 2 heterocycles. The number of hydrogen-bond acceptors (Lipinski definition) is 6. The Morgan fingerprint density at radius 2 is 1.85 bits per heavy atom. The van der Waals surface area contributed by atoms with Gasteiger partial charge in [-0.05, 0) is 52.0 Å². The number of nitrogens with two attached hydrogens (primary N) is 1. The maximum absolute atomic E-state index is 6.22. The monoisotopic (exact) mass is 416 g/mol. The van der Waals surface area contributed by atoms with Crippen LogP contribution in [0.4, 0.5) is 5.82 Å². The van der Waals surface area contributed by atoms with Gasteiger partial charge in [-0.25, -0.2) is 15.0 Å². The van der Waals surface area contributed by atoms with Crippen LogP contribution in [0, 0.1) is 6.92 Å². The van der Waals surface area contributed by atoms with Gasteiger partial charge in [0.1, 0.15) is 12.1 Å². The first-order chi connectivity index (χ1) is 12.4. The number of halogens is 1. The summed E-state index contributed by atoms with van der Waals surface area (Å²) in [6.45, 7) is 6.26. The van der Waals surface area contributed by atoms with Crippen molar-refractivity contribution in [1.82, 2.24) is 15.0 Å². The van der Waals surface area contributed by atoms with Gasteiger partial charge in [0.05, 0.1) is 24.1 Å². The standard InChI is InChI=1S/C19H21BrN4O2/c1-9(2)14-10(3)24-19-16(18(21)22-8-23-19)15(14)11-6-12(20)17(26-5)13(7-11)25-4/h6-9H,1-5H3,(H2,21,22,23,24). The molecule has 0 radical (unpaired) electrons. The van der Waals surface area contributed by atoms with Gasteiger partial charge < -0.3 is 15.2 Å². The van der Waals surface area contributed by atoms with Gasteiger partial charge in [-0.3, -0.25) is 0 Å². The lowest BCUT2D eigenvalue weighted by atomic mass is 9.89. The molecule has 0 aliphatic carbocycles. The van der Waals surface area contributed by atoms with Crippen molar-refractivity contribution < 1.29 is 9.47 Å². The Kier molecular flexibility index (Phi) is 5.00. The number of ether oxygens (including phenoxy) is 2. The molecule has 0 atom stereocenters. The Morgan fingerprint density at radius 1 is 1.12 bits per heavy atom. The number of aromatic nitrogens is 3. The molecule has 136 valence electrons. The average Bonchev–Trinajstić information content (AvgIpc) is 2.59. The fourth-order valence-electron chi connectivity index (χ4n) is 3.32. The van der Waals surface area contributed by atoms with Crippen molar-refractivity contribution in [2.45, 2.75) is 26.7 Å². The fraction of sp³-hybridized carbons (Fsp3) is 0.316. The van der Waals surface area contributed by atoms with Crippen molar-refractivity contribution in [3.05, 3.63) is 34.2 Å². The van der Waals surface area contributed by atoms with Gasteiger partial charge in [-0.1, -0.05) is 13.8 Å². The number of anilines is 1. The zero-order chi connectivity index (χ0) is 19.0. The topological polar surface area (TPSA) is 83.2 Å². The summed E-state index contributed by atoms with van der Waals surface area (Å²) >= 11 is 3.58. The molecule has 0 fully saturated rings. The van der Waals surface area contributed by atoms with E-state index in [1.165, 1.54) is 6.33 Å². The molecule has 0 bridgehead atoms. The molecule has 7 heteroatoms. The van der Waals surface area contributed by atoms with Crippen molar-refractivity contribution in [3.63, 3.8) is 0 Å². The third-order valence-corrected chi connectivity index (χ3v) is 4.93. The number of rotatable bonds is 4. The minimum atomic E-state index is 0.244. The first kappa shape index (κ1) is 18.4. The number of nitrogens with zero attached hydrogens (tertiary/aromatic N) is 3. The van der Waals surface area contributed by atoms with Crippen LogP contribution in [0.25, 0.3) is 22.2 Å². The quantitative estimate of drug-likeness (QED) is 0.674. The number of pyridine rings is 1.